The SMILES string of the molecule is CCc1nc(N)sc1C(=O)NN=Cc1ccc(OCc2ccc(Cl)cc2Cl)cc1. The quantitative estimate of drug-likeness (QED) is 0.395. The van der Waals surface area contributed by atoms with Crippen LogP contribution < -0.4 is 15.9 Å². The van der Waals surface area contributed by atoms with E-state index in [1.54, 1.807) is 18.3 Å². The summed E-state index contributed by atoms with van der Waals surface area (Å²) in [5.41, 5.74) is 10.5. The Morgan fingerprint density at radius 3 is 2.72 bits per heavy atom. The molecule has 6 nitrogen and oxygen atoms in total. The number of nitrogens with one attached hydrogen (secondary N) is 1. The number of amides is 1. The van der Waals surface area contributed by atoms with Crippen molar-refractivity contribution in [2.45, 2.75) is 20.0 Å². The maximum atomic E-state index is 12.2. The van der Waals surface area contributed by atoms with Crippen molar-refractivity contribution in [2.75, 3.05) is 5.73 Å². The number of benzene rings is 2. The molecule has 0 spiro atoms. The molecule has 1 heterocycles. The average molecular weight is 449 g/mol. The lowest BCUT2D eigenvalue weighted by Gasteiger charge is -2.08. The van der Waals surface area contributed by atoms with Crippen molar-refractivity contribution in [2.24, 2.45) is 5.10 Å². The minimum absolute atomic E-state index is 0.327. The van der Waals surface area contributed by atoms with Crippen molar-refractivity contribution < 1.29 is 9.53 Å². The highest BCUT2D eigenvalue weighted by molar-refractivity contribution is 7.17. The molecule has 0 aliphatic rings. The summed E-state index contributed by atoms with van der Waals surface area (Å²) in [5, 5.41) is 5.50. The van der Waals surface area contributed by atoms with Crippen molar-refractivity contribution in [1.82, 2.24) is 10.4 Å². The average Bonchev–Trinajstić information content (AvgIpc) is 3.09. The number of halogens is 2. The van der Waals surface area contributed by atoms with Gasteiger partial charge in [0.2, 0.25) is 0 Å². The molecule has 0 atom stereocenters. The van der Waals surface area contributed by atoms with Gasteiger partial charge in [0.1, 0.15) is 17.2 Å². The summed E-state index contributed by atoms with van der Waals surface area (Å²) in [6.45, 7) is 2.25. The number of thiazole rings is 1. The summed E-state index contributed by atoms with van der Waals surface area (Å²) in [7, 11) is 0. The van der Waals surface area contributed by atoms with E-state index in [4.69, 9.17) is 33.7 Å². The zero-order chi connectivity index (χ0) is 20.8. The van der Waals surface area contributed by atoms with Gasteiger partial charge in [0.15, 0.2) is 5.13 Å². The number of ether oxygens (including phenoxy) is 1. The first kappa shape index (κ1) is 21.1. The zero-order valence-corrected chi connectivity index (χ0v) is 17.8. The van der Waals surface area contributed by atoms with Gasteiger partial charge in [-0.05, 0) is 48.4 Å². The van der Waals surface area contributed by atoms with Gasteiger partial charge in [0, 0.05) is 15.6 Å². The Kier molecular flexibility index (Phi) is 7.09. The van der Waals surface area contributed by atoms with Crippen molar-refractivity contribution in [3.8, 4) is 5.75 Å². The third-order valence-electron chi connectivity index (χ3n) is 3.92. The van der Waals surface area contributed by atoms with Crippen molar-refractivity contribution >= 4 is 51.8 Å². The van der Waals surface area contributed by atoms with E-state index in [1.807, 2.05) is 37.3 Å². The van der Waals surface area contributed by atoms with Gasteiger partial charge >= 0.3 is 0 Å². The number of nitrogens with zero attached hydrogens (tertiary/aromatic N) is 2. The van der Waals surface area contributed by atoms with Crippen LogP contribution in [0.25, 0.3) is 0 Å². The maximum Gasteiger partial charge on any atom is 0.283 e. The first-order valence-electron chi connectivity index (χ1n) is 8.71. The van der Waals surface area contributed by atoms with Crippen molar-refractivity contribution in [3.05, 3.63) is 74.2 Å². The lowest BCUT2D eigenvalue weighted by atomic mass is 10.2. The normalized spacial score (nSPS) is 11.0. The predicted molar refractivity (Wildman–Crippen MR) is 118 cm³/mol. The molecule has 1 amide bonds. The molecule has 0 saturated heterocycles. The van der Waals surface area contributed by atoms with Crippen LogP contribution in [0.4, 0.5) is 5.13 Å². The third kappa shape index (κ3) is 5.69. The lowest BCUT2D eigenvalue weighted by molar-refractivity contribution is 0.0958. The lowest BCUT2D eigenvalue weighted by Crippen LogP contribution is -2.17. The van der Waals surface area contributed by atoms with Gasteiger partial charge in [0.25, 0.3) is 5.91 Å². The first-order chi connectivity index (χ1) is 14.0. The van der Waals surface area contributed by atoms with Crippen LogP contribution in [-0.2, 0) is 13.0 Å². The molecule has 0 aliphatic carbocycles. The molecule has 0 bridgehead atoms. The minimum atomic E-state index is -0.327. The van der Waals surface area contributed by atoms with Crippen LogP contribution in [0.2, 0.25) is 10.0 Å². The fourth-order valence-corrected chi connectivity index (χ4v) is 3.73. The van der Waals surface area contributed by atoms with E-state index in [2.05, 4.69) is 15.5 Å². The summed E-state index contributed by atoms with van der Waals surface area (Å²) in [6, 6.07) is 12.6. The van der Waals surface area contributed by atoms with Crippen LogP contribution in [-0.4, -0.2) is 17.1 Å². The molecule has 9 heteroatoms. The Labute approximate surface area is 182 Å². The molecule has 29 heavy (non-hydrogen) atoms. The molecule has 0 saturated carbocycles. The molecule has 0 fully saturated rings. The summed E-state index contributed by atoms with van der Waals surface area (Å²) in [4.78, 5) is 16.8. The van der Waals surface area contributed by atoms with E-state index >= 15 is 0 Å². The molecule has 0 radical (unpaired) electrons. The number of aromatic nitrogens is 1. The number of anilines is 1. The Morgan fingerprint density at radius 1 is 1.28 bits per heavy atom. The van der Waals surface area contributed by atoms with Gasteiger partial charge in [-0.15, -0.1) is 0 Å². The number of hydrogen-bond donors (Lipinski definition) is 2. The summed E-state index contributed by atoms with van der Waals surface area (Å²) < 4.78 is 5.74. The van der Waals surface area contributed by atoms with Crippen LogP contribution >= 0.6 is 34.5 Å². The highest BCUT2D eigenvalue weighted by Crippen LogP contribution is 2.23. The van der Waals surface area contributed by atoms with Gasteiger partial charge in [-0.1, -0.05) is 47.5 Å². The topological polar surface area (TPSA) is 89.6 Å². The molecule has 2 aromatic carbocycles. The number of rotatable bonds is 7. The van der Waals surface area contributed by atoms with E-state index in [0.29, 0.717) is 44.5 Å². The summed E-state index contributed by atoms with van der Waals surface area (Å²) >= 11 is 13.2. The predicted octanol–water partition coefficient (Wildman–Crippen LogP) is 4.94. The third-order valence-corrected chi connectivity index (χ3v) is 5.44. The van der Waals surface area contributed by atoms with Gasteiger partial charge in [-0.25, -0.2) is 10.4 Å². The van der Waals surface area contributed by atoms with Gasteiger partial charge in [-0.2, -0.15) is 5.10 Å². The number of hydrazone groups is 1. The number of aryl methyl sites for hydroxylation is 1. The molecule has 1 aromatic heterocycles. The number of carbonyl (C=O) groups excluding carboxylic acids is 1. The fraction of sp³-hybridized carbons (Fsp3) is 0.150. The number of hydrogen-bond acceptors (Lipinski definition) is 6. The van der Waals surface area contributed by atoms with E-state index < -0.39 is 0 Å². The van der Waals surface area contributed by atoms with Crippen molar-refractivity contribution in [3.63, 3.8) is 0 Å². The Hall–Kier alpha value is -2.61. The maximum absolute atomic E-state index is 12.2. The fourth-order valence-electron chi connectivity index (χ4n) is 2.45. The molecule has 3 N–H and O–H groups in total. The second-order valence-electron chi connectivity index (χ2n) is 5.97. The first-order valence-corrected chi connectivity index (χ1v) is 10.3. The number of nitrogens with two attached hydrogens (primary N) is 1. The standard InChI is InChI=1S/C20H18Cl2N4O2S/c1-2-17-18(29-20(23)25-17)19(27)26-24-10-12-3-7-15(8-4-12)28-11-13-5-6-14(21)9-16(13)22/h3-10H,2,11H2,1H3,(H2,23,25)(H,26,27). The second-order valence-corrected chi connectivity index (χ2v) is 7.85. The van der Waals surface area contributed by atoms with Crippen LogP contribution in [0.3, 0.4) is 0 Å². The van der Waals surface area contributed by atoms with Gasteiger partial charge in [-0.3, -0.25) is 4.79 Å². The van der Waals surface area contributed by atoms with E-state index in [-0.39, 0.29) is 5.91 Å². The smallest absolute Gasteiger partial charge is 0.283 e. The minimum Gasteiger partial charge on any atom is -0.489 e. The van der Waals surface area contributed by atoms with E-state index in [0.717, 1.165) is 22.5 Å². The van der Waals surface area contributed by atoms with Crippen molar-refractivity contribution in [1.29, 1.82) is 0 Å². The van der Waals surface area contributed by atoms with Crippen LogP contribution in [0.1, 0.15) is 33.4 Å². The van der Waals surface area contributed by atoms with Gasteiger partial charge in [0.05, 0.1) is 11.9 Å². The van der Waals surface area contributed by atoms with Gasteiger partial charge < -0.3 is 10.5 Å². The molecule has 3 aromatic rings. The largest absolute Gasteiger partial charge is 0.489 e. The highest BCUT2D eigenvalue weighted by Gasteiger charge is 2.15. The van der Waals surface area contributed by atoms with E-state index in [1.165, 1.54) is 0 Å². The molecular formula is C20H18Cl2N4O2S. The second kappa shape index (κ2) is 9.73. The molecule has 0 unspecified atom stereocenters. The zero-order valence-electron chi connectivity index (χ0n) is 15.5. The van der Waals surface area contributed by atoms with Crippen LogP contribution in [0.15, 0.2) is 47.6 Å². The Bertz CT molecular complexity index is 1040. The molecule has 150 valence electrons. The summed E-state index contributed by atoms with van der Waals surface area (Å²) in [5.74, 6) is 0.358. The van der Waals surface area contributed by atoms with Crippen LogP contribution in [0, 0.1) is 0 Å². The Morgan fingerprint density at radius 2 is 2.03 bits per heavy atom. The molecule has 0 aliphatic heterocycles. The summed E-state index contributed by atoms with van der Waals surface area (Å²) in [6.07, 6.45) is 2.18. The Balaban J connectivity index is 1.55. The number of nitrogen functional groups attached to an aromatic ring is 1. The monoisotopic (exact) mass is 448 g/mol. The van der Waals surface area contributed by atoms with E-state index in [9.17, 15) is 4.79 Å². The molecule has 3 rings (SSSR count). The number of carbonyl (C=O) groups is 1. The van der Waals surface area contributed by atoms with Crippen LogP contribution in [0.5, 0.6) is 5.75 Å². The molecular weight excluding hydrogens is 431 g/mol. The highest BCUT2D eigenvalue weighted by atomic mass is 35.5.